The van der Waals surface area contributed by atoms with E-state index in [1.54, 1.807) is 11.3 Å². The third-order valence-corrected chi connectivity index (χ3v) is 3.70. The molecule has 0 saturated carbocycles. The Bertz CT molecular complexity index is 566. The Hall–Kier alpha value is -0.980. The maximum absolute atomic E-state index is 5.70. The lowest BCUT2D eigenvalue weighted by Crippen LogP contribution is -2.11. The van der Waals surface area contributed by atoms with Crippen molar-refractivity contribution in [3.05, 3.63) is 39.3 Å². The van der Waals surface area contributed by atoms with Gasteiger partial charge in [-0.25, -0.2) is 4.98 Å². The number of anilines is 2. The second kappa shape index (κ2) is 5.12. The van der Waals surface area contributed by atoms with Crippen LogP contribution in [0, 0.1) is 6.92 Å². The molecule has 2 aromatic rings. The number of hydrogen-bond donors (Lipinski definition) is 2. The van der Waals surface area contributed by atoms with Gasteiger partial charge in [-0.15, -0.1) is 11.3 Å². The second-order valence-corrected chi connectivity index (χ2v) is 5.69. The zero-order chi connectivity index (χ0) is 12.4. The minimum Gasteiger partial charge on any atom is -0.389 e. The van der Waals surface area contributed by atoms with Crippen LogP contribution in [0.5, 0.6) is 0 Å². The quantitative estimate of drug-likeness (QED) is 0.846. The Morgan fingerprint density at radius 2 is 2.29 bits per heavy atom. The van der Waals surface area contributed by atoms with E-state index in [2.05, 4.69) is 26.2 Å². The average Bonchev–Trinajstić information content (AvgIpc) is 2.66. The smallest absolute Gasteiger partial charge is 0.187 e. The van der Waals surface area contributed by atoms with Gasteiger partial charge in [0.1, 0.15) is 4.99 Å². The van der Waals surface area contributed by atoms with Crippen molar-refractivity contribution in [2.45, 2.75) is 6.92 Å². The van der Waals surface area contributed by atoms with Gasteiger partial charge in [-0.1, -0.05) is 28.1 Å². The predicted octanol–water partition coefficient (Wildman–Crippen LogP) is 3.59. The van der Waals surface area contributed by atoms with Crippen LogP contribution in [-0.2, 0) is 0 Å². The van der Waals surface area contributed by atoms with Crippen molar-refractivity contribution in [3.8, 4) is 0 Å². The van der Waals surface area contributed by atoms with Gasteiger partial charge < -0.3 is 11.1 Å². The van der Waals surface area contributed by atoms with Crippen LogP contribution in [0.4, 0.5) is 10.8 Å². The number of aromatic nitrogens is 1. The Balaban J connectivity index is 2.35. The topological polar surface area (TPSA) is 50.9 Å². The summed E-state index contributed by atoms with van der Waals surface area (Å²) >= 11 is 9.98. The number of halogens is 1. The third kappa shape index (κ3) is 3.02. The summed E-state index contributed by atoms with van der Waals surface area (Å²) in [5.41, 5.74) is 8.37. The molecule has 1 aromatic carbocycles. The molecule has 1 heterocycles. The first-order valence-electron chi connectivity index (χ1n) is 4.85. The van der Waals surface area contributed by atoms with E-state index >= 15 is 0 Å². The van der Waals surface area contributed by atoms with Gasteiger partial charge in [0.05, 0.1) is 11.4 Å². The van der Waals surface area contributed by atoms with Crippen LogP contribution in [0.2, 0.25) is 0 Å². The summed E-state index contributed by atoms with van der Waals surface area (Å²) in [5, 5.41) is 6.04. The average molecular weight is 328 g/mol. The molecule has 0 aliphatic carbocycles. The standard InChI is InChI=1S/C11H10BrN3S2/c1-6-5-17-11(14-6)15-9-3-2-7(12)4-8(9)10(13)16/h2-5H,1H3,(H2,13,16)(H,14,15). The summed E-state index contributed by atoms with van der Waals surface area (Å²) in [7, 11) is 0. The monoisotopic (exact) mass is 327 g/mol. The number of rotatable bonds is 3. The molecule has 3 nitrogen and oxygen atoms in total. The summed E-state index contributed by atoms with van der Waals surface area (Å²) in [6.45, 7) is 1.96. The third-order valence-electron chi connectivity index (χ3n) is 2.11. The number of nitrogens with zero attached hydrogens (tertiary/aromatic N) is 1. The van der Waals surface area contributed by atoms with Crippen LogP contribution in [0.25, 0.3) is 0 Å². The van der Waals surface area contributed by atoms with Crippen LogP contribution in [0.1, 0.15) is 11.3 Å². The molecule has 0 spiro atoms. The molecular weight excluding hydrogens is 318 g/mol. The van der Waals surface area contributed by atoms with Gasteiger partial charge in [-0.3, -0.25) is 0 Å². The Morgan fingerprint density at radius 3 is 2.88 bits per heavy atom. The molecule has 0 fully saturated rings. The minimum atomic E-state index is 0.363. The molecule has 0 saturated heterocycles. The molecule has 0 amide bonds. The zero-order valence-corrected chi connectivity index (χ0v) is 12.2. The van der Waals surface area contributed by atoms with Crippen LogP contribution in [0.15, 0.2) is 28.1 Å². The second-order valence-electron chi connectivity index (χ2n) is 3.47. The first kappa shape index (κ1) is 12.5. The van der Waals surface area contributed by atoms with E-state index in [-0.39, 0.29) is 0 Å². The summed E-state index contributed by atoms with van der Waals surface area (Å²) < 4.78 is 0.946. The number of hydrogen-bond acceptors (Lipinski definition) is 4. The van der Waals surface area contributed by atoms with E-state index in [9.17, 15) is 0 Å². The van der Waals surface area contributed by atoms with E-state index in [4.69, 9.17) is 18.0 Å². The van der Waals surface area contributed by atoms with Gasteiger partial charge in [0.2, 0.25) is 0 Å². The molecule has 3 N–H and O–H groups in total. The SMILES string of the molecule is Cc1csc(Nc2ccc(Br)cc2C(N)=S)n1. The van der Waals surface area contributed by atoms with Gasteiger partial charge in [-0.05, 0) is 25.1 Å². The highest BCUT2D eigenvalue weighted by molar-refractivity contribution is 9.10. The Labute approximate surface area is 117 Å². The Kier molecular flexibility index (Phi) is 3.76. The molecule has 17 heavy (non-hydrogen) atoms. The molecule has 88 valence electrons. The minimum absolute atomic E-state index is 0.363. The first-order chi connectivity index (χ1) is 8.06. The molecule has 6 heteroatoms. The number of benzene rings is 1. The number of thiazole rings is 1. The molecule has 0 bridgehead atoms. The molecular formula is C11H10BrN3S2. The van der Waals surface area contributed by atoms with E-state index in [1.807, 2.05) is 30.5 Å². The van der Waals surface area contributed by atoms with Crippen LogP contribution in [0.3, 0.4) is 0 Å². The lowest BCUT2D eigenvalue weighted by molar-refractivity contribution is 1.26. The molecule has 0 aliphatic heterocycles. The lowest BCUT2D eigenvalue weighted by Gasteiger charge is -2.09. The first-order valence-corrected chi connectivity index (χ1v) is 6.93. The number of thiocarbonyl (C=S) groups is 1. The summed E-state index contributed by atoms with van der Waals surface area (Å²) in [6.07, 6.45) is 0. The van der Waals surface area contributed by atoms with Gasteiger partial charge >= 0.3 is 0 Å². The zero-order valence-electron chi connectivity index (χ0n) is 9.03. The normalized spacial score (nSPS) is 10.2. The Morgan fingerprint density at radius 1 is 1.53 bits per heavy atom. The van der Waals surface area contributed by atoms with Crippen LogP contribution >= 0.6 is 39.5 Å². The summed E-state index contributed by atoms with van der Waals surface area (Å²) in [6, 6.07) is 5.75. The fraction of sp³-hybridized carbons (Fsp3) is 0.0909. The molecule has 1 aromatic heterocycles. The van der Waals surface area contributed by atoms with Crippen LogP contribution in [-0.4, -0.2) is 9.97 Å². The summed E-state index contributed by atoms with van der Waals surface area (Å²) in [5.74, 6) is 0. The lowest BCUT2D eigenvalue weighted by atomic mass is 10.2. The highest BCUT2D eigenvalue weighted by Crippen LogP contribution is 2.26. The number of aryl methyl sites for hydroxylation is 1. The van der Waals surface area contributed by atoms with Crippen molar-refractivity contribution in [2.24, 2.45) is 5.73 Å². The highest BCUT2D eigenvalue weighted by atomic mass is 79.9. The number of nitrogens with one attached hydrogen (secondary N) is 1. The van der Waals surface area contributed by atoms with E-state index in [0.717, 1.165) is 26.5 Å². The van der Waals surface area contributed by atoms with Crippen molar-refractivity contribution in [2.75, 3.05) is 5.32 Å². The van der Waals surface area contributed by atoms with E-state index in [0.29, 0.717) is 4.99 Å². The van der Waals surface area contributed by atoms with Crippen molar-refractivity contribution in [1.82, 2.24) is 4.98 Å². The van der Waals surface area contributed by atoms with Gasteiger partial charge in [0.25, 0.3) is 0 Å². The van der Waals surface area contributed by atoms with Crippen molar-refractivity contribution in [1.29, 1.82) is 0 Å². The summed E-state index contributed by atoms with van der Waals surface area (Å²) in [4.78, 5) is 4.70. The molecule has 0 aliphatic rings. The van der Waals surface area contributed by atoms with Crippen molar-refractivity contribution < 1.29 is 0 Å². The molecule has 0 unspecified atom stereocenters. The predicted molar refractivity (Wildman–Crippen MR) is 80.2 cm³/mol. The maximum Gasteiger partial charge on any atom is 0.187 e. The number of nitrogens with two attached hydrogens (primary N) is 1. The molecule has 0 radical (unpaired) electrons. The maximum atomic E-state index is 5.70. The van der Waals surface area contributed by atoms with Gasteiger partial charge in [0, 0.05) is 15.4 Å². The fourth-order valence-corrected chi connectivity index (χ4v) is 2.59. The van der Waals surface area contributed by atoms with E-state index < -0.39 is 0 Å². The fourth-order valence-electron chi connectivity index (χ4n) is 1.36. The largest absolute Gasteiger partial charge is 0.389 e. The molecule has 2 rings (SSSR count). The van der Waals surface area contributed by atoms with Gasteiger partial charge in [0.15, 0.2) is 5.13 Å². The highest BCUT2D eigenvalue weighted by Gasteiger charge is 2.07. The van der Waals surface area contributed by atoms with Crippen molar-refractivity contribution in [3.63, 3.8) is 0 Å². The molecule has 0 atom stereocenters. The van der Waals surface area contributed by atoms with Crippen LogP contribution < -0.4 is 11.1 Å². The van der Waals surface area contributed by atoms with Crippen molar-refractivity contribution >= 4 is 55.3 Å². The van der Waals surface area contributed by atoms with E-state index in [1.165, 1.54) is 0 Å². The van der Waals surface area contributed by atoms with Gasteiger partial charge in [-0.2, -0.15) is 0 Å².